The second-order valence-corrected chi connectivity index (χ2v) is 4.51. The summed E-state index contributed by atoms with van der Waals surface area (Å²) in [6, 6.07) is 1.79. The van der Waals surface area contributed by atoms with E-state index in [1.165, 1.54) is 0 Å². The van der Waals surface area contributed by atoms with Gasteiger partial charge in [0.1, 0.15) is 0 Å². The lowest BCUT2D eigenvalue weighted by atomic mass is 10.0. The van der Waals surface area contributed by atoms with Gasteiger partial charge in [-0.05, 0) is 19.4 Å². The number of rotatable bonds is 4. The molecule has 98 valence electrons. The van der Waals surface area contributed by atoms with Crippen LogP contribution in [0.1, 0.15) is 23.7 Å². The lowest BCUT2D eigenvalue weighted by Gasteiger charge is -2.15. The maximum Gasteiger partial charge on any atom is 0.254 e. The number of nitrogens with zero attached hydrogens (tertiary/aromatic N) is 1. The Balaban J connectivity index is 1.95. The molecule has 1 aromatic rings. The van der Waals surface area contributed by atoms with Crippen LogP contribution in [0.5, 0.6) is 0 Å². The van der Waals surface area contributed by atoms with Gasteiger partial charge in [-0.3, -0.25) is 9.78 Å². The molecule has 1 saturated heterocycles. The molecule has 1 fully saturated rings. The third-order valence-corrected chi connectivity index (χ3v) is 3.39. The molecule has 2 heterocycles. The van der Waals surface area contributed by atoms with Crippen LogP contribution in [-0.4, -0.2) is 37.2 Å². The summed E-state index contributed by atoms with van der Waals surface area (Å²) in [7, 11) is 1.79. The first-order valence-corrected chi connectivity index (χ1v) is 6.24. The number of carbonyl (C=O) groups is 1. The van der Waals surface area contributed by atoms with Crippen LogP contribution >= 0.6 is 0 Å². The summed E-state index contributed by atoms with van der Waals surface area (Å²) in [5, 5.41) is 5.93. The van der Waals surface area contributed by atoms with Gasteiger partial charge in [0, 0.05) is 44.2 Å². The summed E-state index contributed by atoms with van der Waals surface area (Å²) >= 11 is 0. The Morgan fingerprint density at radius 3 is 3.11 bits per heavy atom. The van der Waals surface area contributed by atoms with Crippen LogP contribution in [0.4, 0.5) is 5.69 Å². The third kappa shape index (κ3) is 2.79. The van der Waals surface area contributed by atoms with Crippen molar-refractivity contribution in [2.24, 2.45) is 5.92 Å². The van der Waals surface area contributed by atoms with Gasteiger partial charge in [-0.15, -0.1) is 0 Å². The zero-order valence-corrected chi connectivity index (χ0v) is 10.8. The van der Waals surface area contributed by atoms with Crippen molar-refractivity contribution in [3.8, 4) is 0 Å². The van der Waals surface area contributed by atoms with Crippen LogP contribution in [0, 0.1) is 5.92 Å². The summed E-state index contributed by atoms with van der Waals surface area (Å²) in [6.07, 6.45) is 4.47. The highest BCUT2D eigenvalue weighted by Crippen LogP contribution is 2.19. The Morgan fingerprint density at radius 2 is 2.44 bits per heavy atom. The number of hydrogen-bond acceptors (Lipinski definition) is 4. The van der Waals surface area contributed by atoms with Crippen LogP contribution < -0.4 is 10.6 Å². The molecular formula is C13H19N3O2. The Labute approximate surface area is 107 Å². The van der Waals surface area contributed by atoms with E-state index in [0.717, 1.165) is 18.7 Å². The van der Waals surface area contributed by atoms with Gasteiger partial charge in [0.2, 0.25) is 0 Å². The zero-order valence-electron chi connectivity index (χ0n) is 10.8. The van der Waals surface area contributed by atoms with Crippen molar-refractivity contribution in [3.05, 3.63) is 24.0 Å². The molecule has 0 aliphatic carbocycles. The number of amides is 1. The maximum atomic E-state index is 12.1. The van der Waals surface area contributed by atoms with Gasteiger partial charge in [0.15, 0.2) is 0 Å². The van der Waals surface area contributed by atoms with Gasteiger partial charge in [-0.2, -0.15) is 0 Å². The molecule has 0 bridgehead atoms. The molecule has 0 aromatic carbocycles. The lowest BCUT2D eigenvalue weighted by molar-refractivity contribution is 0.0908. The van der Waals surface area contributed by atoms with Crippen molar-refractivity contribution >= 4 is 11.6 Å². The monoisotopic (exact) mass is 249 g/mol. The van der Waals surface area contributed by atoms with Crippen LogP contribution in [0.2, 0.25) is 0 Å². The molecule has 2 rings (SSSR count). The molecule has 2 N–H and O–H groups in total. The molecule has 5 nitrogen and oxygen atoms in total. The first-order valence-electron chi connectivity index (χ1n) is 6.24. The highest BCUT2D eigenvalue weighted by Gasteiger charge is 2.24. The molecule has 1 aliphatic rings. The van der Waals surface area contributed by atoms with E-state index in [4.69, 9.17) is 4.74 Å². The first-order chi connectivity index (χ1) is 8.72. The summed E-state index contributed by atoms with van der Waals surface area (Å²) in [6.45, 7) is 3.49. The van der Waals surface area contributed by atoms with Crippen molar-refractivity contribution in [1.82, 2.24) is 10.3 Å². The van der Waals surface area contributed by atoms with Crippen molar-refractivity contribution in [3.63, 3.8) is 0 Å². The number of anilines is 1. The van der Waals surface area contributed by atoms with E-state index in [9.17, 15) is 4.79 Å². The fraction of sp³-hybridized carbons (Fsp3) is 0.538. The molecule has 2 unspecified atom stereocenters. The maximum absolute atomic E-state index is 12.1. The summed E-state index contributed by atoms with van der Waals surface area (Å²) in [4.78, 5) is 16.0. The van der Waals surface area contributed by atoms with Crippen molar-refractivity contribution in [2.45, 2.75) is 19.4 Å². The number of aromatic nitrogens is 1. The number of hydrogen-bond donors (Lipinski definition) is 2. The van der Waals surface area contributed by atoms with E-state index in [2.05, 4.69) is 15.6 Å². The molecule has 0 spiro atoms. The van der Waals surface area contributed by atoms with Crippen molar-refractivity contribution in [2.75, 3.05) is 25.5 Å². The number of pyridine rings is 1. The van der Waals surface area contributed by atoms with E-state index in [0.29, 0.717) is 18.0 Å². The normalized spacial score (nSPS) is 22.8. The minimum Gasteiger partial charge on any atom is -0.387 e. The molecule has 2 atom stereocenters. The van der Waals surface area contributed by atoms with Gasteiger partial charge < -0.3 is 15.4 Å². The van der Waals surface area contributed by atoms with Gasteiger partial charge in [-0.25, -0.2) is 0 Å². The van der Waals surface area contributed by atoms with Crippen LogP contribution in [0.25, 0.3) is 0 Å². The van der Waals surface area contributed by atoms with Crippen molar-refractivity contribution in [1.29, 1.82) is 0 Å². The largest absolute Gasteiger partial charge is 0.387 e. The Hall–Kier alpha value is -1.62. The molecule has 1 aromatic heterocycles. The summed E-state index contributed by atoms with van der Waals surface area (Å²) in [5.41, 5.74) is 1.37. The van der Waals surface area contributed by atoms with E-state index in [1.54, 1.807) is 25.5 Å². The molecule has 0 radical (unpaired) electrons. The third-order valence-electron chi connectivity index (χ3n) is 3.39. The predicted molar refractivity (Wildman–Crippen MR) is 69.6 cm³/mol. The van der Waals surface area contributed by atoms with Gasteiger partial charge in [-0.1, -0.05) is 0 Å². The molecular weight excluding hydrogens is 230 g/mol. The fourth-order valence-corrected chi connectivity index (χ4v) is 2.16. The molecule has 18 heavy (non-hydrogen) atoms. The quantitative estimate of drug-likeness (QED) is 0.843. The Kier molecular flexibility index (Phi) is 4.15. The smallest absolute Gasteiger partial charge is 0.254 e. The summed E-state index contributed by atoms with van der Waals surface area (Å²) < 4.78 is 5.47. The average molecular weight is 249 g/mol. The van der Waals surface area contributed by atoms with Crippen LogP contribution in [0.3, 0.4) is 0 Å². The lowest BCUT2D eigenvalue weighted by Crippen LogP contribution is -2.32. The Morgan fingerprint density at radius 1 is 1.61 bits per heavy atom. The number of nitrogens with one attached hydrogen (secondary N) is 2. The number of ether oxygens (including phenoxy) is 1. The highest BCUT2D eigenvalue weighted by atomic mass is 16.5. The Bertz CT molecular complexity index is 422. The van der Waals surface area contributed by atoms with Crippen LogP contribution in [0.15, 0.2) is 18.5 Å². The molecule has 0 saturated carbocycles. The van der Waals surface area contributed by atoms with Gasteiger partial charge in [0.05, 0.1) is 11.7 Å². The second-order valence-electron chi connectivity index (χ2n) is 4.51. The van der Waals surface area contributed by atoms with Gasteiger partial charge >= 0.3 is 0 Å². The highest BCUT2D eigenvalue weighted by molar-refractivity contribution is 5.99. The second kappa shape index (κ2) is 5.82. The average Bonchev–Trinajstić information content (AvgIpc) is 2.81. The van der Waals surface area contributed by atoms with Gasteiger partial charge in [0.25, 0.3) is 5.91 Å². The van der Waals surface area contributed by atoms with E-state index >= 15 is 0 Å². The predicted octanol–water partition coefficient (Wildman–Crippen LogP) is 1.28. The number of carbonyl (C=O) groups excluding carboxylic acids is 1. The standard InChI is InChI=1S/C13H19N3O2/c1-9-10(4-6-18-9)7-16-13(17)11-8-15-5-3-12(11)14-2/h3,5,8-10H,4,6-7H2,1-2H3,(H,14,15)(H,16,17). The van der Waals surface area contributed by atoms with E-state index in [1.807, 2.05) is 6.92 Å². The minimum atomic E-state index is -0.0912. The van der Waals surface area contributed by atoms with Crippen LogP contribution in [-0.2, 0) is 4.74 Å². The first kappa shape index (κ1) is 12.8. The zero-order chi connectivity index (χ0) is 13.0. The fourth-order valence-electron chi connectivity index (χ4n) is 2.16. The molecule has 5 heteroatoms. The topological polar surface area (TPSA) is 63.2 Å². The SMILES string of the molecule is CNc1ccncc1C(=O)NCC1CCOC1C. The van der Waals surface area contributed by atoms with E-state index in [-0.39, 0.29) is 12.0 Å². The molecule has 1 aliphatic heterocycles. The van der Waals surface area contributed by atoms with Crippen molar-refractivity contribution < 1.29 is 9.53 Å². The molecule has 1 amide bonds. The minimum absolute atomic E-state index is 0.0912. The summed E-state index contributed by atoms with van der Waals surface area (Å²) in [5.74, 6) is 0.315. The van der Waals surface area contributed by atoms with E-state index < -0.39 is 0 Å².